The van der Waals surface area contributed by atoms with Gasteiger partial charge in [0.05, 0.1) is 24.7 Å². The zero-order valence-corrected chi connectivity index (χ0v) is 41.7. The zero-order valence-electron chi connectivity index (χ0n) is 41.7. The van der Waals surface area contributed by atoms with E-state index in [-0.39, 0.29) is 17.4 Å². The quantitative estimate of drug-likeness (QED) is 0.0511. The second-order valence-electron chi connectivity index (χ2n) is 23.1. The molecule has 5 aliphatic carbocycles. The van der Waals surface area contributed by atoms with E-state index in [1.807, 2.05) is 20.8 Å². The standard InChI is InChI=1S/C50H76O19/c1-12-22(2)42(62)69-40-39(65-24(4)53)45(5,6)19-26-25-13-14-29-47(9)17-16-30(66-44-34(58)35(33(57)36(68-44)41(60)61)67-43-32(56)31(55)27(54)20-63-43)46(7,8)28(47)15-18-48(29,10)49(25,11)38(64-23(3)52)37(59)50(26,40)21-51/h12-13,26-40,43-44,51,54-59H,14-21H2,1-11H3,(H,60,61)/b22-12+/t26-,27+,28-,29-,30+,31+,32-,33+,34-,35+,36+,37-,38+,39-,40+,43-,44-,47+,48+,49-,50-/m0/s1. The number of aliphatic hydroxyl groups is 7. The van der Waals surface area contributed by atoms with Crippen LogP contribution in [-0.4, -0.2) is 164 Å². The molecule has 0 radical (unpaired) electrons. The fraction of sp³-hybridized carbons (Fsp3) is 0.840. The fourth-order valence-corrected chi connectivity index (χ4v) is 14.9. The molecule has 0 aromatic rings. The van der Waals surface area contributed by atoms with Gasteiger partial charge in [-0.15, -0.1) is 0 Å². The molecule has 2 saturated heterocycles. The minimum atomic E-state index is -1.95. The molecule has 7 rings (SSSR count). The number of hydrogen-bond donors (Lipinski definition) is 8. The van der Waals surface area contributed by atoms with Gasteiger partial charge in [-0.25, -0.2) is 9.59 Å². The lowest BCUT2D eigenvalue weighted by Crippen LogP contribution is -2.77. The third-order valence-corrected chi connectivity index (χ3v) is 18.8. The van der Waals surface area contributed by atoms with Crippen molar-refractivity contribution in [1.82, 2.24) is 0 Å². The van der Waals surface area contributed by atoms with Gasteiger partial charge in [-0.3, -0.25) is 9.59 Å². The number of carboxylic acid groups (broad SMARTS) is 1. The third-order valence-electron chi connectivity index (χ3n) is 18.8. The molecule has 2 aliphatic heterocycles. The van der Waals surface area contributed by atoms with Gasteiger partial charge in [-0.05, 0) is 86.4 Å². The summed E-state index contributed by atoms with van der Waals surface area (Å²) >= 11 is 0. The molecule has 69 heavy (non-hydrogen) atoms. The Hall–Kier alpha value is -3.08. The Morgan fingerprint density at radius 2 is 1.41 bits per heavy atom. The molecular weight excluding hydrogens is 905 g/mol. The van der Waals surface area contributed by atoms with E-state index >= 15 is 0 Å². The van der Waals surface area contributed by atoms with Gasteiger partial charge in [0.15, 0.2) is 24.8 Å². The first-order valence-electron chi connectivity index (χ1n) is 24.4. The van der Waals surface area contributed by atoms with Crippen LogP contribution in [0.3, 0.4) is 0 Å². The highest BCUT2D eigenvalue weighted by Gasteiger charge is 2.77. The first kappa shape index (κ1) is 53.7. The Bertz CT molecular complexity index is 2050. The van der Waals surface area contributed by atoms with Gasteiger partial charge < -0.3 is 74.0 Å². The van der Waals surface area contributed by atoms with E-state index in [2.05, 4.69) is 33.8 Å². The van der Waals surface area contributed by atoms with E-state index in [9.17, 15) is 60.0 Å². The highest BCUT2D eigenvalue weighted by atomic mass is 16.7. The zero-order chi connectivity index (χ0) is 51.3. The molecule has 19 heteroatoms. The Labute approximate surface area is 403 Å². The number of carbonyl (C=O) groups is 4. The summed E-state index contributed by atoms with van der Waals surface area (Å²) in [5.41, 5.74) is -4.16. The summed E-state index contributed by atoms with van der Waals surface area (Å²) in [4.78, 5) is 52.2. The number of carbonyl (C=O) groups excluding carboxylic acids is 3. The van der Waals surface area contributed by atoms with E-state index < -0.39 is 161 Å². The average Bonchev–Trinajstić information content (AvgIpc) is 3.26. The van der Waals surface area contributed by atoms with Crippen LogP contribution < -0.4 is 0 Å². The smallest absolute Gasteiger partial charge is 0.335 e. The van der Waals surface area contributed by atoms with Crippen molar-refractivity contribution in [2.75, 3.05) is 13.2 Å². The van der Waals surface area contributed by atoms with Crippen molar-refractivity contribution in [2.24, 2.45) is 50.2 Å². The van der Waals surface area contributed by atoms with Crippen LogP contribution in [0.5, 0.6) is 0 Å². The number of aliphatic carboxylic acids is 1. The number of allylic oxidation sites excluding steroid dienone is 2. The molecule has 19 nitrogen and oxygen atoms in total. The van der Waals surface area contributed by atoms with Gasteiger partial charge >= 0.3 is 23.9 Å². The van der Waals surface area contributed by atoms with E-state index in [4.69, 9.17) is 33.2 Å². The maximum absolute atomic E-state index is 13.7. The van der Waals surface area contributed by atoms with Crippen LogP contribution in [0.25, 0.3) is 0 Å². The summed E-state index contributed by atoms with van der Waals surface area (Å²) in [6.07, 6.45) is -14.6. The van der Waals surface area contributed by atoms with Crippen LogP contribution in [0.1, 0.15) is 115 Å². The van der Waals surface area contributed by atoms with Gasteiger partial charge in [0.2, 0.25) is 0 Å². The molecule has 0 amide bonds. The second-order valence-corrected chi connectivity index (χ2v) is 23.1. The first-order chi connectivity index (χ1) is 32.0. The molecule has 0 bridgehead atoms. The summed E-state index contributed by atoms with van der Waals surface area (Å²) in [6, 6.07) is 0. The first-order valence-corrected chi connectivity index (χ1v) is 24.4. The molecular formula is C50H76O19. The molecule has 8 N–H and O–H groups in total. The molecule has 0 spiro atoms. The van der Waals surface area contributed by atoms with Crippen LogP contribution >= 0.6 is 0 Å². The van der Waals surface area contributed by atoms with Crippen molar-refractivity contribution in [3.63, 3.8) is 0 Å². The predicted molar refractivity (Wildman–Crippen MR) is 240 cm³/mol. The van der Waals surface area contributed by atoms with Crippen molar-refractivity contribution in [3.8, 4) is 0 Å². The van der Waals surface area contributed by atoms with Gasteiger partial charge in [-0.2, -0.15) is 0 Å². The van der Waals surface area contributed by atoms with E-state index in [1.54, 1.807) is 19.9 Å². The number of hydrogen-bond acceptors (Lipinski definition) is 18. The molecule has 0 aromatic heterocycles. The Kier molecular flexibility index (Phi) is 14.6. The Morgan fingerprint density at radius 3 is 2.00 bits per heavy atom. The predicted octanol–water partition coefficient (Wildman–Crippen LogP) is 2.06. The summed E-state index contributed by atoms with van der Waals surface area (Å²) < 4.78 is 42.0. The number of aliphatic hydroxyl groups excluding tert-OH is 7. The summed E-state index contributed by atoms with van der Waals surface area (Å²) in [7, 11) is 0. The lowest BCUT2D eigenvalue weighted by molar-refractivity contribution is -0.357. The van der Waals surface area contributed by atoms with Crippen molar-refractivity contribution >= 4 is 23.9 Å². The number of esters is 3. The van der Waals surface area contributed by atoms with Crippen LogP contribution in [-0.2, 0) is 52.3 Å². The SMILES string of the molecule is C/C=C(\C)C(=O)O[C@@H]1[C@H](OC(C)=O)C(C)(C)C[C@H]2C3=CC[C@H]4[C@]5(C)CC[C@@H](O[C@H]6O[C@@H](C(=O)O)[C@H](O)[C@@H](O[C@@H]7OC[C@@H](O)[C@@H](O)[C@@H]7O)[C@@H]6O)C(C)(C)[C@@H]5CC[C@@]4(C)[C@]3(C)[C@H](OC(C)=O)[C@H](O)[C@@]12CO. The number of rotatable bonds is 10. The molecule has 7 aliphatic rings. The lowest BCUT2D eigenvalue weighted by Gasteiger charge is -2.73. The summed E-state index contributed by atoms with van der Waals surface area (Å²) in [6.45, 7) is 19.1. The van der Waals surface area contributed by atoms with Gasteiger partial charge in [-0.1, -0.05) is 66.2 Å². The third kappa shape index (κ3) is 8.30. The summed E-state index contributed by atoms with van der Waals surface area (Å²) in [5.74, 6) is -4.32. The highest BCUT2D eigenvalue weighted by molar-refractivity contribution is 5.88. The summed E-state index contributed by atoms with van der Waals surface area (Å²) in [5, 5.41) is 88.5. The van der Waals surface area contributed by atoms with E-state index in [0.29, 0.717) is 38.5 Å². The van der Waals surface area contributed by atoms with Crippen molar-refractivity contribution in [3.05, 3.63) is 23.3 Å². The second kappa shape index (κ2) is 18.8. The molecule has 390 valence electrons. The molecule has 0 aromatic carbocycles. The maximum Gasteiger partial charge on any atom is 0.335 e. The molecule has 21 atom stereocenters. The van der Waals surface area contributed by atoms with Crippen molar-refractivity contribution < 1.29 is 93.2 Å². The maximum atomic E-state index is 13.7. The van der Waals surface area contributed by atoms with Crippen molar-refractivity contribution in [1.29, 1.82) is 0 Å². The van der Waals surface area contributed by atoms with Crippen LogP contribution in [0.2, 0.25) is 0 Å². The van der Waals surface area contributed by atoms with Crippen LogP contribution in [0.4, 0.5) is 0 Å². The molecule has 6 fully saturated rings. The highest BCUT2D eigenvalue weighted by Crippen LogP contribution is 2.76. The molecule has 4 saturated carbocycles. The fourth-order valence-electron chi connectivity index (χ4n) is 14.9. The van der Waals surface area contributed by atoms with Crippen LogP contribution in [0.15, 0.2) is 23.3 Å². The van der Waals surface area contributed by atoms with E-state index in [0.717, 1.165) is 5.57 Å². The number of carboxylic acids is 1. The lowest BCUT2D eigenvalue weighted by atomic mass is 9.32. The Balaban J connectivity index is 1.24. The molecule has 2 heterocycles. The minimum Gasteiger partial charge on any atom is -0.479 e. The van der Waals surface area contributed by atoms with E-state index in [1.165, 1.54) is 13.8 Å². The Morgan fingerprint density at radius 1 is 0.768 bits per heavy atom. The molecule has 0 unspecified atom stereocenters. The van der Waals surface area contributed by atoms with Crippen LogP contribution in [0, 0.1) is 50.2 Å². The van der Waals surface area contributed by atoms with Crippen molar-refractivity contribution in [2.45, 2.75) is 201 Å². The van der Waals surface area contributed by atoms with Gasteiger partial charge in [0, 0.05) is 30.3 Å². The monoisotopic (exact) mass is 980 g/mol. The normalized spacial score (nSPS) is 48.0. The average molecular weight is 981 g/mol. The number of ether oxygens (including phenoxy) is 7. The topological polar surface area (TPSA) is 295 Å². The van der Waals surface area contributed by atoms with Gasteiger partial charge in [0.25, 0.3) is 0 Å². The largest absolute Gasteiger partial charge is 0.479 e. The minimum absolute atomic E-state index is 0.0540. The number of fused-ring (bicyclic) bond motifs is 7. The van der Waals surface area contributed by atoms with Gasteiger partial charge in [0.1, 0.15) is 54.9 Å².